The standard InChI is InChI=1S/C44H56N10O5/c1-28(2)59-32-4-6-36-35(24-32)41(49-48-36)37-25-39(46-27-45-37)53-21-19-50(20-22-53)14-9-29-10-15-51(16-11-29)26-30-12-17-52(18-13-30)31-3-5-33-34(23-31)44(58)54(43(33)57)38-7-8-40(55)47-42(38)56/h3-6,23-25,27-30,38,42,56H,7-22,26H2,1-2H3,(H,47,55)(H,48,49). The fourth-order valence-corrected chi connectivity index (χ4v) is 9.73. The maximum atomic E-state index is 13.4. The number of carbonyl (C=O) groups excluding carboxylic acids is 3. The van der Waals surface area contributed by atoms with Gasteiger partial charge in [-0.2, -0.15) is 5.10 Å². The SMILES string of the molecule is CC(C)Oc1ccc2[nH]nc(-c3cc(N4CCN(CCC5CCN(CC6CCN(c7ccc8c(c7)C(=O)N(C7CCC(=O)NC7O)C8=O)CC6)CC5)CC4)ncn3)c2c1. The quantitative estimate of drug-likeness (QED) is 0.186. The minimum atomic E-state index is -1.25. The number of aromatic nitrogens is 4. The monoisotopic (exact) mass is 804 g/mol. The number of hydrogen-bond acceptors (Lipinski definition) is 12. The van der Waals surface area contributed by atoms with Crippen LogP contribution in [0.1, 0.15) is 79.5 Å². The molecule has 15 heteroatoms. The Labute approximate surface area is 345 Å². The molecule has 0 bridgehead atoms. The van der Waals surface area contributed by atoms with Crippen LogP contribution in [0.3, 0.4) is 0 Å². The molecule has 5 aliphatic heterocycles. The minimum Gasteiger partial charge on any atom is -0.491 e. The number of aromatic amines is 1. The molecule has 0 aliphatic carbocycles. The zero-order valence-electron chi connectivity index (χ0n) is 34.2. The molecule has 0 spiro atoms. The zero-order chi connectivity index (χ0) is 40.6. The van der Waals surface area contributed by atoms with Crippen LogP contribution in [-0.2, 0) is 4.79 Å². The van der Waals surface area contributed by atoms with E-state index in [9.17, 15) is 19.5 Å². The summed E-state index contributed by atoms with van der Waals surface area (Å²) in [6.45, 7) is 14.5. The van der Waals surface area contributed by atoms with Crippen molar-refractivity contribution in [1.29, 1.82) is 0 Å². The number of H-pyrrole nitrogens is 1. The van der Waals surface area contributed by atoms with Crippen LogP contribution in [0.2, 0.25) is 0 Å². The summed E-state index contributed by atoms with van der Waals surface area (Å²) in [7, 11) is 0. The van der Waals surface area contributed by atoms with Crippen LogP contribution in [0, 0.1) is 11.8 Å². The van der Waals surface area contributed by atoms with Crippen LogP contribution < -0.4 is 19.9 Å². The predicted molar refractivity (Wildman–Crippen MR) is 224 cm³/mol. The fourth-order valence-electron chi connectivity index (χ4n) is 9.73. The summed E-state index contributed by atoms with van der Waals surface area (Å²) >= 11 is 0. The van der Waals surface area contributed by atoms with Gasteiger partial charge < -0.3 is 29.9 Å². The van der Waals surface area contributed by atoms with Gasteiger partial charge in [-0.05, 0) is 120 Å². The Bertz CT molecular complexity index is 2170. The third-order valence-electron chi connectivity index (χ3n) is 13.1. The molecular formula is C44H56N10O5. The highest BCUT2D eigenvalue weighted by molar-refractivity contribution is 6.22. The molecule has 15 nitrogen and oxygen atoms in total. The Morgan fingerprint density at radius 3 is 2.32 bits per heavy atom. The van der Waals surface area contributed by atoms with Gasteiger partial charge in [0.2, 0.25) is 5.91 Å². The number of nitrogens with one attached hydrogen (secondary N) is 2. The lowest BCUT2D eigenvalue weighted by molar-refractivity contribution is -0.129. The lowest BCUT2D eigenvalue weighted by Crippen LogP contribution is -2.57. The normalized spacial score (nSPS) is 22.8. The van der Waals surface area contributed by atoms with Gasteiger partial charge in [0.05, 0.1) is 34.5 Å². The first-order valence-corrected chi connectivity index (χ1v) is 21.6. The molecule has 4 fully saturated rings. The highest BCUT2D eigenvalue weighted by Gasteiger charge is 2.44. The molecule has 4 aromatic rings. The molecule has 59 heavy (non-hydrogen) atoms. The first kappa shape index (κ1) is 39.3. The van der Waals surface area contributed by atoms with Gasteiger partial charge in [0.1, 0.15) is 29.8 Å². The van der Waals surface area contributed by atoms with Gasteiger partial charge in [0, 0.05) is 69.4 Å². The first-order chi connectivity index (χ1) is 28.7. The number of piperazine rings is 1. The summed E-state index contributed by atoms with van der Waals surface area (Å²) in [5.41, 5.74) is 4.27. The van der Waals surface area contributed by atoms with E-state index in [1.54, 1.807) is 12.4 Å². The molecular weight excluding hydrogens is 749 g/mol. The molecule has 3 N–H and O–H groups in total. The van der Waals surface area contributed by atoms with E-state index >= 15 is 0 Å². The maximum absolute atomic E-state index is 13.4. The van der Waals surface area contributed by atoms with Crippen molar-refractivity contribution in [3.8, 4) is 17.1 Å². The molecule has 2 unspecified atom stereocenters. The number of rotatable bonds is 11. The van der Waals surface area contributed by atoms with Crippen molar-refractivity contribution in [3.05, 3.63) is 59.9 Å². The van der Waals surface area contributed by atoms with E-state index in [-0.39, 0.29) is 24.9 Å². The van der Waals surface area contributed by atoms with E-state index in [0.717, 1.165) is 116 Å². The number of ether oxygens (including phenoxy) is 1. The van der Waals surface area contributed by atoms with Gasteiger partial charge in [-0.15, -0.1) is 0 Å². The Hall–Kier alpha value is -5.12. The summed E-state index contributed by atoms with van der Waals surface area (Å²) in [5, 5.41) is 21.6. The van der Waals surface area contributed by atoms with Crippen molar-refractivity contribution in [2.45, 2.75) is 77.2 Å². The number of imide groups is 1. The molecule has 9 rings (SSSR count). The molecule has 2 aromatic heterocycles. The first-order valence-electron chi connectivity index (χ1n) is 21.6. The third-order valence-corrected chi connectivity index (χ3v) is 13.1. The molecule has 2 atom stereocenters. The van der Waals surface area contributed by atoms with E-state index in [0.29, 0.717) is 17.0 Å². The second-order valence-electron chi connectivity index (χ2n) is 17.3. The Morgan fingerprint density at radius 1 is 0.797 bits per heavy atom. The van der Waals surface area contributed by atoms with E-state index in [1.807, 2.05) is 44.2 Å². The molecule has 0 radical (unpaired) electrons. The Morgan fingerprint density at radius 2 is 1.56 bits per heavy atom. The van der Waals surface area contributed by atoms with Crippen molar-refractivity contribution in [2.75, 3.05) is 75.2 Å². The van der Waals surface area contributed by atoms with Gasteiger partial charge in [-0.3, -0.25) is 29.3 Å². The largest absolute Gasteiger partial charge is 0.491 e. The Kier molecular flexibility index (Phi) is 11.2. The second-order valence-corrected chi connectivity index (χ2v) is 17.3. The number of benzene rings is 2. The maximum Gasteiger partial charge on any atom is 0.262 e. The van der Waals surface area contributed by atoms with Gasteiger partial charge in [-0.25, -0.2) is 9.97 Å². The molecule has 7 heterocycles. The topological polar surface area (TPSA) is 163 Å². The number of amides is 3. The average molecular weight is 805 g/mol. The molecule has 312 valence electrons. The molecule has 4 saturated heterocycles. The van der Waals surface area contributed by atoms with Gasteiger partial charge >= 0.3 is 0 Å². The lowest BCUT2D eigenvalue weighted by Gasteiger charge is -2.39. The van der Waals surface area contributed by atoms with Crippen molar-refractivity contribution >= 4 is 40.1 Å². The smallest absolute Gasteiger partial charge is 0.262 e. The number of nitrogens with zero attached hydrogens (tertiary/aromatic N) is 8. The van der Waals surface area contributed by atoms with Gasteiger partial charge in [-0.1, -0.05) is 0 Å². The zero-order valence-corrected chi connectivity index (χ0v) is 34.2. The number of anilines is 2. The Balaban J connectivity index is 0.694. The van der Waals surface area contributed by atoms with Crippen LogP contribution >= 0.6 is 0 Å². The summed E-state index contributed by atoms with van der Waals surface area (Å²) in [5.74, 6) is 2.11. The van der Waals surface area contributed by atoms with Gasteiger partial charge in [0.25, 0.3) is 11.8 Å². The van der Waals surface area contributed by atoms with Crippen molar-refractivity contribution in [3.63, 3.8) is 0 Å². The molecule has 5 aliphatic rings. The van der Waals surface area contributed by atoms with E-state index in [1.165, 1.54) is 32.4 Å². The summed E-state index contributed by atoms with van der Waals surface area (Å²) in [6.07, 6.45) is 6.89. The van der Waals surface area contributed by atoms with Crippen LogP contribution in [0.5, 0.6) is 5.75 Å². The number of likely N-dealkylation sites (tertiary alicyclic amines) is 1. The van der Waals surface area contributed by atoms with Crippen LogP contribution in [0.25, 0.3) is 22.3 Å². The number of fused-ring (bicyclic) bond motifs is 2. The fraction of sp³-hybridized carbons (Fsp3) is 0.545. The van der Waals surface area contributed by atoms with Gasteiger partial charge in [0.15, 0.2) is 0 Å². The summed E-state index contributed by atoms with van der Waals surface area (Å²) in [6, 6.07) is 12.8. The van der Waals surface area contributed by atoms with Crippen molar-refractivity contribution < 1.29 is 24.2 Å². The van der Waals surface area contributed by atoms with E-state index < -0.39 is 24.1 Å². The molecule has 3 amide bonds. The van der Waals surface area contributed by atoms with Crippen molar-refractivity contribution in [1.82, 2.24) is 40.2 Å². The van der Waals surface area contributed by atoms with E-state index in [2.05, 4.69) is 51.1 Å². The lowest BCUT2D eigenvalue weighted by atomic mass is 9.90. The van der Waals surface area contributed by atoms with Crippen molar-refractivity contribution in [2.24, 2.45) is 11.8 Å². The predicted octanol–water partition coefficient (Wildman–Crippen LogP) is 4.14. The number of carbonyl (C=O) groups is 3. The second kappa shape index (κ2) is 16.9. The highest BCUT2D eigenvalue weighted by atomic mass is 16.5. The third kappa shape index (κ3) is 8.37. The number of piperidine rings is 3. The summed E-state index contributed by atoms with van der Waals surface area (Å²) < 4.78 is 5.93. The highest BCUT2D eigenvalue weighted by Crippen LogP contribution is 2.34. The van der Waals surface area contributed by atoms with Crippen LogP contribution in [-0.4, -0.2) is 142 Å². The van der Waals surface area contributed by atoms with Crippen LogP contribution in [0.15, 0.2) is 48.8 Å². The molecule has 0 saturated carbocycles. The number of aliphatic hydroxyl groups excluding tert-OH is 1. The minimum absolute atomic E-state index is 0.0950. The van der Waals surface area contributed by atoms with Crippen LogP contribution in [0.4, 0.5) is 11.5 Å². The molecule has 2 aromatic carbocycles. The average Bonchev–Trinajstić information content (AvgIpc) is 3.78. The number of aliphatic hydroxyl groups is 1. The number of hydrogen-bond donors (Lipinski definition) is 3. The summed E-state index contributed by atoms with van der Waals surface area (Å²) in [4.78, 5) is 58.6. The van der Waals surface area contributed by atoms with E-state index in [4.69, 9.17) is 4.74 Å².